The van der Waals surface area contributed by atoms with Gasteiger partial charge < -0.3 is 5.32 Å². The summed E-state index contributed by atoms with van der Waals surface area (Å²) in [6, 6.07) is 6.37. The van der Waals surface area contributed by atoms with E-state index < -0.39 is 38.7 Å². The molecule has 2 heterocycles. The molecule has 13 heteroatoms. The molecular formula is C21H20F4N6O2S. The Morgan fingerprint density at radius 1 is 1.26 bits per heavy atom. The second-order valence-electron chi connectivity index (χ2n) is 7.58. The summed E-state index contributed by atoms with van der Waals surface area (Å²) in [5, 5.41) is 11.0. The number of benzene rings is 1. The number of fused-ring (bicyclic) bond motifs is 1. The van der Waals surface area contributed by atoms with Crippen molar-refractivity contribution in [3.05, 3.63) is 59.3 Å². The zero-order chi connectivity index (χ0) is 24.7. The van der Waals surface area contributed by atoms with Gasteiger partial charge in [0, 0.05) is 17.8 Å². The van der Waals surface area contributed by atoms with Crippen LogP contribution in [0.15, 0.2) is 45.9 Å². The first-order valence-corrected chi connectivity index (χ1v) is 11.9. The fourth-order valence-corrected chi connectivity index (χ4v) is 4.78. The van der Waals surface area contributed by atoms with E-state index in [-0.39, 0.29) is 29.1 Å². The molecule has 0 spiro atoms. The Labute approximate surface area is 192 Å². The number of nitrogens with one attached hydrogen (secondary N) is 1. The molecule has 34 heavy (non-hydrogen) atoms. The van der Waals surface area contributed by atoms with Crippen LogP contribution in [-0.2, 0) is 35.5 Å². The molecule has 1 aliphatic carbocycles. The van der Waals surface area contributed by atoms with Crippen molar-refractivity contribution in [2.45, 2.75) is 43.9 Å². The Hall–Kier alpha value is -3.32. The fraction of sp³-hybridized carbons (Fsp3) is 0.286. The minimum Gasteiger partial charge on any atom is -0.304 e. The first-order valence-electron chi connectivity index (χ1n) is 10.3. The number of aromatic nitrogens is 3. The molecule has 0 saturated heterocycles. The van der Waals surface area contributed by atoms with E-state index in [2.05, 4.69) is 19.8 Å². The second-order valence-corrected chi connectivity index (χ2v) is 9.29. The summed E-state index contributed by atoms with van der Waals surface area (Å²) in [6.45, 7) is 1.91. The lowest BCUT2D eigenvalue weighted by Crippen LogP contribution is -2.21. The van der Waals surface area contributed by atoms with Crippen LogP contribution in [0, 0.1) is 5.82 Å². The normalized spacial score (nSPS) is 15.0. The molecule has 180 valence electrons. The van der Waals surface area contributed by atoms with Gasteiger partial charge in [-0.15, -0.1) is 4.36 Å². The number of nitrogens with two attached hydrogens (primary N) is 1. The van der Waals surface area contributed by atoms with Gasteiger partial charge in [-0.05, 0) is 37.3 Å². The monoisotopic (exact) mass is 496 g/mol. The molecule has 0 aliphatic heterocycles. The highest BCUT2D eigenvalue weighted by Crippen LogP contribution is 2.44. The third-order valence-electron chi connectivity index (χ3n) is 5.29. The lowest BCUT2D eigenvalue weighted by molar-refractivity contribution is -0.140. The van der Waals surface area contributed by atoms with Crippen molar-refractivity contribution in [2.24, 2.45) is 9.50 Å². The van der Waals surface area contributed by atoms with Gasteiger partial charge in [0.25, 0.3) is 0 Å². The van der Waals surface area contributed by atoms with Crippen LogP contribution in [0.25, 0.3) is 11.1 Å². The van der Waals surface area contributed by atoms with Gasteiger partial charge in [0.1, 0.15) is 0 Å². The minimum atomic E-state index is -4.81. The molecule has 1 atom stereocenters. The molecule has 1 unspecified atom stereocenters. The predicted molar refractivity (Wildman–Crippen MR) is 117 cm³/mol. The number of amides is 2. The number of urea groups is 1. The van der Waals surface area contributed by atoms with Crippen LogP contribution >= 0.6 is 0 Å². The van der Waals surface area contributed by atoms with E-state index in [1.807, 2.05) is 0 Å². The third kappa shape index (κ3) is 4.53. The van der Waals surface area contributed by atoms with Crippen LogP contribution in [0.3, 0.4) is 0 Å². The molecule has 3 aromatic rings. The maximum atomic E-state index is 14.2. The minimum absolute atomic E-state index is 0.135. The van der Waals surface area contributed by atoms with Crippen molar-refractivity contribution < 1.29 is 26.6 Å². The van der Waals surface area contributed by atoms with E-state index in [0.29, 0.717) is 24.8 Å². The fourth-order valence-electron chi connectivity index (χ4n) is 3.85. The van der Waals surface area contributed by atoms with Crippen LogP contribution in [-0.4, -0.2) is 25.0 Å². The molecular weight excluding hydrogens is 476 g/mol. The van der Waals surface area contributed by atoms with Crippen LogP contribution in [0.2, 0.25) is 0 Å². The summed E-state index contributed by atoms with van der Waals surface area (Å²) < 4.78 is 73.4. The highest BCUT2D eigenvalue weighted by atomic mass is 32.2. The smallest absolute Gasteiger partial charge is 0.304 e. The largest absolute Gasteiger partial charge is 0.434 e. The molecule has 1 aromatic carbocycles. The molecule has 8 nitrogen and oxygen atoms in total. The Morgan fingerprint density at radius 2 is 1.97 bits per heavy atom. The van der Waals surface area contributed by atoms with Crippen molar-refractivity contribution >= 4 is 21.6 Å². The van der Waals surface area contributed by atoms with Gasteiger partial charge in [0.05, 0.1) is 11.9 Å². The molecule has 0 radical (unpaired) electrons. The first kappa shape index (κ1) is 23.8. The van der Waals surface area contributed by atoms with E-state index in [1.54, 1.807) is 25.1 Å². The topological polar surface area (TPSA) is 115 Å². The lowest BCUT2D eigenvalue weighted by atomic mass is 9.97. The van der Waals surface area contributed by atoms with Gasteiger partial charge in [0.15, 0.2) is 21.4 Å². The molecule has 0 fully saturated rings. The highest BCUT2D eigenvalue weighted by Gasteiger charge is 2.39. The first-order chi connectivity index (χ1) is 16.0. The molecule has 1 aliphatic rings. The zero-order valence-corrected chi connectivity index (χ0v) is 18.7. The van der Waals surface area contributed by atoms with Gasteiger partial charge in [-0.25, -0.2) is 23.5 Å². The highest BCUT2D eigenvalue weighted by molar-refractivity contribution is 7.91. The third-order valence-corrected chi connectivity index (χ3v) is 6.56. The number of hydrogen-bond donors (Lipinski definition) is 2. The van der Waals surface area contributed by atoms with Crippen molar-refractivity contribution in [3.63, 3.8) is 0 Å². The van der Waals surface area contributed by atoms with E-state index in [9.17, 15) is 26.6 Å². The summed E-state index contributed by atoms with van der Waals surface area (Å²) in [7, 11) is -4.11. The van der Waals surface area contributed by atoms with Crippen LogP contribution in [0.1, 0.15) is 30.3 Å². The summed E-state index contributed by atoms with van der Waals surface area (Å²) >= 11 is 0. The maximum Gasteiger partial charge on any atom is 0.434 e. The van der Waals surface area contributed by atoms with Gasteiger partial charge in [-0.2, -0.15) is 18.3 Å². The van der Waals surface area contributed by atoms with Crippen LogP contribution in [0.4, 0.5) is 28.0 Å². The van der Waals surface area contributed by atoms with E-state index in [0.717, 1.165) is 10.9 Å². The summed E-state index contributed by atoms with van der Waals surface area (Å²) in [4.78, 5) is 16.6. The quantitative estimate of drug-likeness (QED) is 0.516. The van der Waals surface area contributed by atoms with Crippen molar-refractivity contribution in [1.29, 1.82) is 0 Å². The van der Waals surface area contributed by atoms with Crippen molar-refractivity contribution in [3.8, 4) is 11.1 Å². The number of anilines is 1. The Kier molecular flexibility index (Phi) is 6.16. The average molecular weight is 496 g/mol. The summed E-state index contributed by atoms with van der Waals surface area (Å²) in [5.74, 6) is -1.01. The number of alkyl halides is 3. The van der Waals surface area contributed by atoms with E-state index in [4.69, 9.17) is 5.14 Å². The lowest BCUT2D eigenvalue weighted by Gasteiger charge is -2.20. The van der Waals surface area contributed by atoms with E-state index >= 15 is 0 Å². The maximum absolute atomic E-state index is 14.2. The van der Waals surface area contributed by atoms with Gasteiger partial charge in [-0.1, -0.05) is 30.3 Å². The van der Waals surface area contributed by atoms with Crippen LogP contribution in [0.5, 0.6) is 0 Å². The van der Waals surface area contributed by atoms with Crippen LogP contribution < -0.4 is 10.5 Å². The molecule has 2 amide bonds. The van der Waals surface area contributed by atoms with Gasteiger partial charge in [-0.3, -0.25) is 4.68 Å². The number of hydrogen-bond acceptors (Lipinski definition) is 4. The molecule has 0 bridgehead atoms. The number of rotatable bonds is 4. The molecule has 4 rings (SSSR count). The average Bonchev–Trinajstić information content (AvgIpc) is 3.39. The summed E-state index contributed by atoms with van der Waals surface area (Å²) in [6.07, 6.45) is -2.62. The SMILES string of the molecule is CCn1cc(F)c(S(N)(=O)=NC(=O)Nc2c3c(nc(C(F)(F)F)c2-c2ccccc2)CCC3)n1. The standard InChI is InChI=1S/C21H20F4N6O2S/c1-2-31-11-14(22)19(29-31)34(26,33)30-20(32)28-17-13-9-6-10-15(13)27-18(21(23,24)25)16(17)12-7-4-3-5-8-12/h3-5,7-8,11H,2,6,9-10H2,1H3,(H3,26,27,28,30,32,33). The Bertz CT molecular complexity index is 1380. The van der Waals surface area contributed by atoms with Gasteiger partial charge >= 0.3 is 12.2 Å². The van der Waals surface area contributed by atoms with E-state index in [1.165, 1.54) is 12.1 Å². The second kappa shape index (κ2) is 8.80. The molecule has 3 N–H and O–H groups in total. The number of nitrogens with zero attached hydrogens (tertiary/aromatic N) is 4. The van der Waals surface area contributed by atoms with Gasteiger partial charge in [0.2, 0.25) is 5.03 Å². The van der Waals surface area contributed by atoms with Crippen molar-refractivity contribution in [2.75, 3.05) is 5.32 Å². The number of aryl methyl sites for hydroxylation is 2. The predicted octanol–water partition coefficient (Wildman–Crippen LogP) is 4.54. The number of carbonyl (C=O) groups is 1. The zero-order valence-electron chi connectivity index (χ0n) is 17.9. The molecule has 0 saturated carbocycles. The number of halogens is 4. The van der Waals surface area contributed by atoms with Crippen molar-refractivity contribution in [1.82, 2.24) is 14.8 Å². The Balaban J connectivity index is 1.85. The Morgan fingerprint density at radius 3 is 2.59 bits per heavy atom. The number of carbonyl (C=O) groups excluding carboxylic acids is 1. The summed E-state index contributed by atoms with van der Waals surface area (Å²) in [5.41, 5.74) is -0.805. The molecule has 2 aromatic heterocycles. The number of pyridine rings is 1.